The molecule has 0 spiro atoms. The Bertz CT molecular complexity index is 93.6. The second-order valence-corrected chi connectivity index (χ2v) is 2.97. The molecule has 0 bridgehead atoms. The van der Waals surface area contributed by atoms with E-state index in [-0.39, 0.29) is 0 Å². The average molecular weight is 161 g/mol. The van der Waals surface area contributed by atoms with E-state index in [1.807, 2.05) is 13.8 Å². The van der Waals surface area contributed by atoms with Crippen LogP contribution in [0.5, 0.6) is 0 Å². The summed E-state index contributed by atoms with van der Waals surface area (Å²) >= 11 is 0. The highest BCUT2D eigenvalue weighted by molar-refractivity contribution is 4.76. The molecule has 1 aliphatic heterocycles. The van der Waals surface area contributed by atoms with Gasteiger partial charge in [-0.15, -0.1) is 0 Å². The lowest BCUT2D eigenvalue weighted by molar-refractivity contribution is 0.246. The Balaban J connectivity index is 0.000000461. The van der Waals surface area contributed by atoms with Crippen LogP contribution in [0.25, 0.3) is 0 Å². The number of rotatable bonds is 1. The van der Waals surface area contributed by atoms with Crippen molar-refractivity contribution in [3.05, 3.63) is 0 Å². The summed E-state index contributed by atoms with van der Waals surface area (Å²) in [6.45, 7) is 9.81. The van der Waals surface area contributed by atoms with Crippen LogP contribution < -0.4 is 0 Å². The molecule has 0 radical (unpaired) electrons. The molecule has 2 heteroatoms. The summed E-state index contributed by atoms with van der Waals surface area (Å²) in [6, 6.07) is 0.519. The van der Waals surface area contributed by atoms with Crippen LogP contribution in [0.3, 0.4) is 0 Å². The van der Waals surface area contributed by atoms with Crippen molar-refractivity contribution in [3.8, 4) is 0 Å². The lowest BCUT2D eigenvalue weighted by Crippen LogP contribution is -2.28. The van der Waals surface area contributed by atoms with E-state index in [1.165, 1.54) is 0 Å². The maximum Gasteiger partial charge on any atom is 0.114 e. The fourth-order valence-electron chi connectivity index (χ4n) is 1.21. The van der Waals surface area contributed by atoms with Gasteiger partial charge >= 0.3 is 0 Å². The van der Waals surface area contributed by atoms with Gasteiger partial charge in [0.2, 0.25) is 0 Å². The second kappa shape index (κ2) is 5.53. The van der Waals surface area contributed by atoms with Crippen molar-refractivity contribution in [2.24, 2.45) is 0 Å². The average Bonchev–Trinajstić information content (AvgIpc) is 2.40. The molecule has 1 rings (SSSR count). The molecule has 0 aliphatic carbocycles. The minimum atomic E-state index is -0.563. The monoisotopic (exact) mass is 161 g/mol. The van der Waals surface area contributed by atoms with Crippen molar-refractivity contribution in [2.75, 3.05) is 13.1 Å². The molecule has 0 aromatic heterocycles. The molecule has 1 saturated heterocycles. The number of halogens is 1. The molecule has 1 atom stereocenters. The van der Waals surface area contributed by atoms with Crippen LogP contribution in [0, 0.1) is 0 Å². The zero-order valence-electron chi connectivity index (χ0n) is 8.10. The van der Waals surface area contributed by atoms with E-state index < -0.39 is 6.17 Å². The molecule has 0 amide bonds. The van der Waals surface area contributed by atoms with Crippen molar-refractivity contribution in [3.63, 3.8) is 0 Å². The summed E-state index contributed by atoms with van der Waals surface area (Å²) in [6.07, 6.45) is 0.172. The summed E-state index contributed by atoms with van der Waals surface area (Å²) in [5, 5.41) is 0. The zero-order chi connectivity index (χ0) is 8.85. The minimum absolute atomic E-state index is 0.519. The van der Waals surface area contributed by atoms with Gasteiger partial charge in [-0.2, -0.15) is 0 Å². The zero-order valence-corrected chi connectivity index (χ0v) is 8.10. The van der Waals surface area contributed by atoms with Crippen LogP contribution in [-0.4, -0.2) is 30.2 Å². The Hall–Kier alpha value is -0.110. The highest BCUT2D eigenvalue weighted by Crippen LogP contribution is 2.14. The van der Waals surface area contributed by atoms with Gasteiger partial charge in [0.1, 0.15) is 6.17 Å². The van der Waals surface area contributed by atoms with Gasteiger partial charge in [0, 0.05) is 19.1 Å². The standard InChI is InChI=1S/C7H14FN.C2H6/c1-6(2)9-4-3-7(8)5-9;1-2/h6-7H,3-5H2,1-2H3;1-2H3. The van der Waals surface area contributed by atoms with Crippen LogP contribution in [0.4, 0.5) is 4.39 Å². The minimum Gasteiger partial charge on any atom is -0.298 e. The summed E-state index contributed by atoms with van der Waals surface area (Å²) in [4.78, 5) is 2.17. The van der Waals surface area contributed by atoms with Crippen molar-refractivity contribution < 1.29 is 4.39 Å². The van der Waals surface area contributed by atoms with E-state index in [9.17, 15) is 4.39 Å². The summed E-state index contributed by atoms with van der Waals surface area (Å²) in [7, 11) is 0. The topological polar surface area (TPSA) is 3.24 Å². The van der Waals surface area contributed by atoms with Gasteiger partial charge in [-0.3, -0.25) is 4.90 Å². The van der Waals surface area contributed by atoms with Gasteiger partial charge in [-0.25, -0.2) is 4.39 Å². The van der Waals surface area contributed by atoms with Crippen LogP contribution in [0.1, 0.15) is 34.1 Å². The predicted octanol–water partition coefficient (Wildman–Crippen LogP) is 2.46. The molecule has 0 saturated carbocycles. The van der Waals surface area contributed by atoms with E-state index in [0.29, 0.717) is 12.6 Å². The normalized spacial score (nSPS) is 25.1. The molecule has 1 fully saturated rings. The Morgan fingerprint density at radius 1 is 1.36 bits per heavy atom. The quantitative estimate of drug-likeness (QED) is 0.571. The predicted molar refractivity (Wildman–Crippen MR) is 47.6 cm³/mol. The van der Waals surface area contributed by atoms with Crippen LogP contribution in [0.2, 0.25) is 0 Å². The molecule has 0 aromatic rings. The maximum absolute atomic E-state index is 12.5. The smallest absolute Gasteiger partial charge is 0.114 e. The fourth-order valence-corrected chi connectivity index (χ4v) is 1.21. The SMILES string of the molecule is CC.CC(C)N1CCC(F)C1. The van der Waals surface area contributed by atoms with Gasteiger partial charge in [-0.05, 0) is 20.3 Å². The first kappa shape index (κ1) is 10.9. The lowest BCUT2D eigenvalue weighted by Gasteiger charge is -2.18. The molecule has 0 N–H and O–H groups in total. The van der Waals surface area contributed by atoms with Gasteiger partial charge in [0.15, 0.2) is 0 Å². The molecule has 0 aromatic carbocycles. The number of likely N-dealkylation sites (tertiary alicyclic amines) is 1. The van der Waals surface area contributed by atoms with Crippen molar-refractivity contribution in [1.82, 2.24) is 4.90 Å². The molecule has 11 heavy (non-hydrogen) atoms. The Labute approximate surface area is 69.6 Å². The third-order valence-electron chi connectivity index (χ3n) is 1.89. The molecule has 1 heterocycles. The van der Waals surface area contributed by atoms with Gasteiger partial charge in [-0.1, -0.05) is 13.8 Å². The third kappa shape index (κ3) is 3.71. The maximum atomic E-state index is 12.5. The van der Waals surface area contributed by atoms with Crippen molar-refractivity contribution in [1.29, 1.82) is 0 Å². The molecule has 68 valence electrons. The van der Waals surface area contributed by atoms with Crippen LogP contribution in [0.15, 0.2) is 0 Å². The van der Waals surface area contributed by atoms with E-state index in [2.05, 4.69) is 18.7 Å². The van der Waals surface area contributed by atoms with Gasteiger partial charge < -0.3 is 0 Å². The molecule has 1 nitrogen and oxygen atoms in total. The van der Waals surface area contributed by atoms with E-state index in [0.717, 1.165) is 13.0 Å². The molecular weight excluding hydrogens is 141 g/mol. The van der Waals surface area contributed by atoms with E-state index in [4.69, 9.17) is 0 Å². The highest BCUT2D eigenvalue weighted by Gasteiger charge is 2.22. The fraction of sp³-hybridized carbons (Fsp3) is 1.00. The lowest BCUT2D eigenvalue weighted by atomic mass is 10.3. The van der Waals surface area contributed by atoms with Crippen molar-refractivity contribution in [2.45, 2.75) is 46.3 Å². The number of hydrogen-bond donors (Lipinski definition) is 0. The number of alkyl halides is 1. The summed E-state index contributed by atoms with van der Waals surface area (Å²) < 4.78 is 12.5. The van der Waals surface area contributed by atoms with Gasteiger partial charge in [0.05, 0.1) is 0 Å². The molecular formula is C9H20FN. The van der Waals surface area contributed by atoms with Crippen LogP contribution in [-0.2, 0) is 0 Å². The first-order chi connectivity index (χ1) is 5.20. The summed E-state index contributed by atoms with van der Waals surface area (Å²) in [5.41, 5.74) is 0. The second-order valence-electron chi connectivity index (χ2n) is 2.97. The van der Waals surface area contributed by atoms with Crippen molar-refractivity contribution >= 4 is 0 Å². The molecule has 1 aliphatic rings. The largest absolute Gasteiger partial charge is 0.298 e. The molecule has 1 unspecified atom stereocenters. The van der Waals surface area contributed by atoms with E-state index >= 15 is 0 Å². The number of hydrogen-bond acceptors (Lipinski definition) is 1. The van der Waals surface area contributed by atoms with E-state index in [1.54, 1.807) is 0 Å². The third-order valence-corrected chi connectivity index (χ3v) is 1.89. The Morgan fingerprint density at radius 3 is 2.09 bits per heavy atom. The first-order valence-corrected chi connectivity index (χ1v) is 4.58. The van der Waals surface area contributed by atoms with Gasteiger partial charge in [0.25, 0.3) is 0 Å². The van der Waals surface area contributed by atoms with Crippen LogP contribution >= 0.6 is 0 Å². The highest BCUT2D eigenvalue weighted by atomic mass is 19.1. The summed E-state index contributed by atoms with van der Waals surface area (Å²) in [5.74, 6) is 0. The Morgan fingerprint density at radius 2 is 1.91 bits per heavy atom. The first-order valence-electron chi connectivity index (χ1n) is 4.58. The Kier molecular flexibility index (Phi) is 5.47. The number of nitrogens with zero attached hydrogens (tertiary/aromatic N) is 1.